The summed E-state index contributed by atoms with van der Waals surface area (Å²) in [5, 5.41) is 2.75. The lowest BCUT2D eigenvalue weighted by atomic mass is 9.97. The molecule has 0 saturated heterocycles. The second kappa shape index (κ2) is 5.16. The lowest BCUT2D eigenvalue weighted by Gasteiger charge is -2.17. The van der Waals surface area contributed by atoms with E-state index in [9.17, 15) is 4.79 Å². The van der Waals surface area contributed by atoms with Gasteiger partial charge in [0.2, 0.25) is 0 Å². The van der Waals surface area contributed by atoms with Gasteiger partial charge in [0, 0.05) is 6.04 Å². The third-order valence-electron chi connectivity index (χ3n) is 2.37. The third-order valence-corrected chi connectivity index (χ3v) is 2.37. The maximum absolute atomic E-state index is 10.0. The van der Waals surface area contributed by atoms with Crippen molar-refractivity contribution in [1.82, 2.24) is 5.32 Å². The molecule has 63 valence electrons. The van der Waals surface area contributed by atoms with Gasteiger partial charge in [-0.15, -0.1) is 0 Å². The van der Waals surface area contributed by atoms with Crippen LogP contribution in [0.4, 0.5) is 0 Å². The van der Waals surface area contributed by atoms with Gasteiger partial charge in [0.1, 0.15) is 0 Å². The zero-order valence-corrected chi connectivity index (χ0v) is 6.94. The second-order valence-electron chi connectivity index (χ2n) is 3.29. The van der Waals surface area contributed by atoms with Crippen molar-refractivity contribution < 1.29 is 4.79 Å². The fraction of sp³-hybridized carbons (Fsp3) is 0.889. The zero-order valence-electron chi connectivity index (χ0n) is 6.94. The summed E-state index contributed by atoms with van der Waals surface area (Å²) in [6, 6.07) is 0.410. The maximum Gasteiger partial charge on any atom is 0.309 e. The minimum absolute atomic E-state index is 0.410. The van der Waals surface area contributed by atoms with Crippen molar-refractivity contribution in [2.45, 2.75) is 51.0 Å². The van der Waals surface area contributed by atoms with E-state index in [-0.39, 0.29) is 0 Å². The highest BCUT2D eigenvalue weighted by Crippen LogP contribution is 2.16. The monoisotopic (exact) mass is 154 g/mol. The summed E-state index contributed by atoms with van der Waals surface area (Å²) in [6.07, 6.45) is 10.6. The molecule has 1 aliphatic carbocycles. The highest BCUT2D eigenvalue weighted by atomic mass is 16.1. The molecular weight excluding hydrogens is 138 g/mol. The number of hydrogen-bond donors (Lipinski definition) is 1. The van der Waals surface area contributed by atoms with Crippen LogP contribution in [0.15, 0.2) is 0 Å². The summed E-state index contributed by atoms with van der Waals surface area (Å²) in [4.78, 5) is 10.0. The standard InChI is InChI=1S/C9H16NO/c11-8-10-9-6-4-2-1-3-5-7-9/h9H,1-7H2,(H,10,11). The first kappa shape index (κ1) is 8.57. The molecule has 0 heterocycles. The Balaban J connectivity index is 2.20. The van der Waals surface area contributed by atoms with Crippen LogP contribution in [-0.4, -0.2) is 12.5 Å². The SMILES string of the molecule is O=[C]NC1CCCCCCC1. The summed E-state index contributed by atoms with van der Waals surface area (Å²) in [7, 11) is 0. The average molecular weight is 154 g/mol. The van der Waals surface area contributed by atoms with E-state index in [2.05, 4.69) is 5.32 Å². The van der Waals surface area contributed by atoms with Crippen LogP contribution >= 0.6 is 0 Å². The second-order valence-corrected chi connectivity index (χ2v) is 3.29. The van der Waals surface area contributed by atoms with E-state index < -0.39 is 0 Å². The minimum Gasteiger partial charge on any atom is -0.345 e. The smallest absolute Gasteiger partial charge is 0.309 e. The summed E-state index contributed by atoms with van der Waals surface area (Å²) >= 11 is 0. The van der Waals surface area contributed by atoms with Gasteiger partial charge in [-0.25, -0.2) is 0 Å². The van der Waals surface area contributed by atoms with Crippen LogP contribution in [-0.2, 0) is 4.79 Å². The van der Waals surface area contributed by atoms with Crippen molar-refractivity contribution >= 4 is 6.41 Å². The molecular formula is C9H16NO. The lowest BCUT2D eigenvalue weighted by molar-refractivity contribution is 0.418. The molecule has 0 aromatic heterocycles. The van der Waals surface area contributed by atoms with Gasteiger partial charge < -0.3 is 5.32 Å². The molecule has 0 bridgehead atoms. The third kappa shape index (κ3) is 3.40. The van der Waals surface area contributed by atoms with Crippen LogP contribution < -0.4 is 5.32 Å². The molecule has 1 aliphatic rings. The zero-order chi connectivity index (χ0) is 7.94. The molecule has 1 rings (SSSR count). The summed E-state index contributed by atoms with van der Waals surface area (Å²) in [5.74, 6) is 0. The van der Waals surface area contributed by atoms with Gasteiger partial charge in [0.25, 0.3) is 0 Å². The van der Waals surface area contributed by atoms with Crippen molar-refractivity contribution in [3.8, 4) is 0 Å². The summed E-state index contributed by atoms with van der Waals surface area (Å²) in [6.45, 7) is 0. The van der Waals surface area contributed by atoms with Gasteiger partial charge in [-0.3, -0.25) is 4.79 Å². The van der Waals surface area contributed by atoms with Gasteiger partial charge in [-0.2, -0.15) is 0 Å². The molecule has 1 amide bonds. The van der Waals surface area contributed by atoms with Crippen LogP contribution in [0.25, 0.3) is 0 Å². The molecule has 0 aliphatic heterocycles. The molecule has 1 saturated carbocycles. The Hall–Kier alpha value is -0.530. The van der Waals surface area contributed by atoms with Crippen LogP contribution in [0.2, 0.25) is 0 Å². The highest BCUT2D eigenvalue weighted by Gasteiger charge is 2.09. The van der Waals surface area contributed by atoms with E-state index in [0.29, 0.717) is 6.04 Å². The van der Waals surface area contributed by atoms with Crippen LogP contribution in [0.5, 0.6) is 0 Å². The lowest BCUT2D eigenvalue weighted by Crippen LogP contribution is -2.28. The topological polar surface area (TPSA) is 29.1 Å². The van der Waals surface area contributed by atoms with E-state index in [4.69, 9.17) is 0 Å². The number of nitrogens with one attached hydrogen (secondary N) is 1. The fourth-order valence-electron chi connectivity index (χ4n) is 1.68. The Morgan fingerprint density at radius 1 is 1.00 bits per heavy atom. The van der Waals surface area contributed by atoms with Crippen LogP contribution in [0, 0.1) is 0 Å². The van der Waals surface area contributed by atoms with E-state index in [0.717, 1.165) is 12.8 Å². The van der Waals surface area contributed by atoms with Crippen LogP contribution in [0.1, 0.15) is 44.9 Å². The van der Waals surface area contributed by atoms with Gasteiger partial charge in [-0.1, -0.05) is 32.1 Å². The fourth-order valence-corrected chi connectivity index (χ4v) is 1.68. The van der Waals surface area contributed by atoms with Gasteiger partial charge >= 0.3 is 6.41 Å². The molecule has 11 heavy (non-hydrogen) atoms. The van der Waals surface area contributed by atoms with Gasteiger partial charge in [0.05, 0.1) is 0 Å². The van der Waals surface area contributed by atoms with Crippen molar-refractivity contribution in [1.29, 1.82) is 0 Å². The Kier molecular flexibility index (Phi) is 4.02. The first-order valence-corrected chi connectivity index (χ1v) is 4.56. The first-order valence-electron chi connectivity index (χ1n) is 4.56. The number of rotatable bonds is 2. The molecule has 0 atom stereocenters. The molecule has 2 nitrogen and oxygen atoms in total. The normalized spacial score (nSPS) is 21.8. The highest BCUT2D eigenvalue weighted by molar-refractivity contribution is 5.47. The predicted molar refractivity (Wildman–Crippen MR) is 44.9 cm³/mol. The number of amides is 1. The molecule has 1 fully saturated rings. The van der Waals surface area contributed by atoms with Crippen molar-refractivity contribution in [2.24, 2.45) is 0 Å². The number of carbonyl (C=O) groups excluding carboxylic acids is 1. The Morgan fingerprint density at radius 2 is 1.55 bits per heavy atom. The largest absolute Gasteiger partial charge is 0.345 e. The van der Waals surface area contributed by atoms with E-state index in [1.165, 1.54) is 32.1 Å². The van der Waals surface area contributed by atoms with Gasteiger partial charge in [0.15, 0.2) is 0 Å². The molecule has 1 N–H and O–H groups in total. The minimum atomic E-state index is 0.410. The van der Waals surface area contributed by atoms with Crippen LogP contribution in [0.3, 0.4) is 0 Å². The molecule has 0 aromatic carbocycles. The molecule has 0 aromatic rings. The molecule has 2 heteroatoms. The van der Waals surface area contributed by atoms with E-state index in [1.807, 2.05) is 0 Å². The molecule has 1 radical (unpaired) electrons. The Morgan fingerprint density at radius 3 is 2.09 bits per heavy atom. The average Bonchev–Trinajstić information content (AvgIpc) is 1.94. The van der Waals surface area contributed by atoms with Gasteiger partial charge in [-0.05, 0) is 12.8 Å². The summed E-state index contributed by atoms with van der Waals surface area (Å²) < 4.78 is 0. The van der Waals surface area contributed by atoms with E-state index in [1.54, 1.807) is 6.41 Å². The predicted octanol–water partition coefficient (Wildman–Crippen LogP) is 1.76. The molecule has 0 unspecified atom stereocenters. The van der Waals surface area contributed by atoms with E-state index >= 15 is 0 Å². The Bertz CT molecular complexity index is 106. The number of hydrogen-bond acceptors (Lipinski definition) is 1. The maximum atomic E-state index is 10.0. The summed E-state index contributed by atoms with van der Waals surface area (Å²) in [5.41, 5.74) is 0. The Labute approximate surface area is 68.4 Å². The van der Waals surface area contributed by atoms with Crippen molar-refractivity contribution in [2.75, 3.05) is 0 Å². The molecule has 0 spiro atoms. The quantitative estimate of drug-likeness (QED) is 0.603. The van der Waals surface area contributed by atoms with Crippen molar-refractivity contribution in [3.05, 3.63) is 0 Å². The van der Waals surface area contributed by atoms with Crippen molar-refractivity contribution in [3.63, 3.8) is 0 Å². The first-order chi connectivity index (χ1) is 5.43.